The van der Waals surface area contributed by atoms with Crippen LogP contribution in [-0.2, 0) is 0 Å². The predicted octanol–water partition coefficient (Wildman–Crippen LogP) is 0.790. The van der Waals surface area contributed by atoms with Crippen molar-refractivity contribution in [1.29, 1.82) is 0 Å². The van der Waals surface area contributed by atoms with Crippen LogP contribution in [0.3, 0.4) is 0 Å². The van der Waals surface area contributed by atoms with Crippen LogP contribution in [0.25, 0.3) is 0 Å². The second kappa shape index (κ2) is 3.68. The van der Waals surface area contributed by atoms with Gasteiger partial charge in [0.1, 0.15) is 0 Å². The van der Waals surface area contributed by atoms with E-state index in [1.165, 1.54) is 0 Å². The van der Waals surface area contributed by atoms with E-state index in [0.717, 1.165) is 12.1 Å². The van der Waals surface area contributed by atoms with E-state index in [0.29, 0.717) is 0 Å². The van der Waals surface area contributed by atoms with Crippen LogP contribution in [0.4, 0.5) is 9.18 Å². The molecule has 0 radical (unpaired) electrons. The molecule has 0 aliphatic heterocycles. The van der Waals surface area contributed by atoms with Crippen LogP contribution in [0.15, 0.2) is 0 Å². The number of carbonyl (C=O) groups is 1. The zero-order valence-electron chi connectivity index (χ0n) is 4.64. The van der Waals surface area contributed by atoms with E-state index in [4.69, 9.17) is 0 Å². The third kappa shape index (κ3) is 5.71. The Hall–Kier alpha value is -0.290. The summed E-state index contributed by atoms with van der Waals surface area (Å²) in [5, 5.41) is 0. The highest BCUT2D eigenvalue weighted by Crippen LogP contribution is 1.95. The molecule has 5 heteroatoms. The van der Waals surface area contributed by atoms with Gasteiger partial charge in [-0.15, -0.1) is 4.39 Å². The Labute approximate surface area is 51.5 Å². The first-order chi connectivity index (χ1) is 3.63. The van der Waals surface area contributed by atoms with Gasteiger partial charge in [-0.2, -0.15) is 0 Å². The SMILES string of the molecule is CN(C)SNC(=O)F. The summed E-state index contributed by atoms with van der Waals surface area (Å²) in [4.78, 5) is 9.52. The van der Waals surface area contributed by atoms with Gasteiger partial charge in [-0.3, -0.25) is 4.72 Å². The van der Waals surface area contributed by atoms with Gasteiger partial charge in [0.2, 0.25) is 0 Å². The summed E-state index contributed by atoms with van der Waals surface area (Å²) < 4.78 is 14.7. The van der Waals surface area contributed by atoms with E-state index in [1.54, 1.807) is 18.4 Å². The zero-order chi connectivity index (χ0) is 6.57. The molecule has 0 saturated carbocycles. The van der Waals surface area contributed by atoms with Crippen molar-refractivity contribution >= 4 is 18.3 Å². The minimum absolute atomic E-state index is 0.898. The maximum Gasteiger partial charge on any atom is 0.408 e. The van der Waals surface area contributed by atoms with Gasteiger partial charge in [-0.1, -0.05) is 0 Å². The molecular weight excluding hydrogens is 131 g/mol. The molecule has 0 aliphatic rings. The molecular formula is C3H7FN2OS. The van der Waals surface area contributed by atoms with Crippen molar-refractivity contribution in [1.82, 2.24) is 9.03 Å². The van der Waals surface area contributed by atoms with E-state index >= 15 is 0 Å². The fourth-order valence-corrected chi connectivity index (χ4v) is 0.382. The van der Waals surface area contributed by atoms with Gasteiger partial charge in [0.25, 0.3) is 0 Å². The summed E-state index contributed by atoms with van der Waals surface area (Å²) in [5.74, 6) is 0. The van der Waals surface area contributed by atoms with Crippen LogP contribution < -0.4 is 4.72 Å². The van der Waals surface area contributed by atoms with E-state index in [-0.39, 0.29) is 0 Å². The van der Waals surface area contributed by atoms with Gasteiger partial charge < -0.3 is 0 Å². The number of halogens is 1. The molecule has 0 rings (SSSR count). The van der Waals surface area contributed by atoms with Crippen molar-refractivity contribution in [2.24, 2.45) is 0 Å². The van der Waals surface area contributed by atoms with Gasteiger partial charge in [-0.25, -0.2) is 9.10 Å². The molecule has 0 saturated heterocycles. The quantitative estimate of drug-likeness (QED) is 0.348. The van der Waals surface area contributed by atoms with E-state index < -0.39 is 6.16 Å². The second-order valence-corrected chi connectivity index (χ2v) is 2.40. The van der Waals surface area contributed by atoms with E-state index in [1.807, 2.05) is 4.72 Å². The van der Waals surface area contributed by atoms with E-state index in [2.05, 4.69) is 0 Å². The largest absolute Gasteiger partial charge is 0.408 e. The van der Waals surface area contributed by atoms with Crippen molar-refractivity contribution in [2.75, 3.05) is 14.1 Å². The first-order valence-electron chi connectivity index (χ1n) is 1.92. The Balaban J connectivity index is 3.05. The maximum atomic E-state index is 11.3. The molecule has 8 heavy (non-hydrogen) atoms. The third-order valence-electron chi connectivity index (χ3n) is 0.308. The van der Waals surface area contributed by atoms with Crippen molar-refractivity contribution in [2.45, 2.75) is 0 Å². The first-order valence-corrected chi connectivity index (χ1v) is 2.70. The Morgan fingerprint density at radius 1 is 1.75 bits per heavy atom. The molecule has 0 aromatic carbocycles. The summed E-state index contributed by atoms with van der Waals surface area (Å²) in [6.07, 6.45) is -1.52. The van der Waals surface area contributed by atoms with E-state index in [9.17, 15) is 9.18 Å². The summed E-state index contributed by atoms with van der Waals surface area (Å²) >= 11 is 0.898. The highest BCUT2D eigenvalue weighted by molar-refractivity contribution is 7.95. The van der Waals surface area contributed by atoms with Gasteiger partial charge >= 0.3 is 6.16 Å². The van der Waals surface area contributed by atoms with Crippen LogP contribution in [-0.4, -0.2) is 24.6 Å². The molecule has 0 aliphatic carbocycles. The number of hydrogen-bond acceptors (Lipinski definition) is 3. The smallest absolute Gasteiger partial charge is 0.258 e. The minimum Gasteiger partial charge on any atom is -0.258 e. The van der Waals surface area contributed by atoms with Gasteiger partial charge in [-0.05, 0) is 14.1 Å². The summed E-state index contributed by atoms with van der Waals surface area (Å²) in [7, 11) is 3.39. The lowest BCUT2D eigenvalue weighted by molar-refractivity contribution is 0.228. The second-order valence-electron chi connectivity index (χ2n) is 1.28. The van der Waals surface area contributed by atoms with Crippen LogP contribution in [0.5, 0.6) is 0 Å². The molecule has 1 N–H and O–H groups in total. The number of rotatable bonds is 2. The van der Waals surface area contributed by atoms with Crippen molar-refractivity contribution in [3.8, 4) is 0 Å². The normalized spacial score (nSPS) is 9.50. The molecule has 3 nitrogen and oxygen atoms in total. The van der Waals surface area contributed by atoms with Crippen LogP contribution >= 0.6 is 12.1 Å². The monoisotopic (exact) mass is 138 g/mol. The Morgan fingerprint density at radius 3 is 2.38 bits per heavy atom. The number of nitrogens with zero attached hydrogens (tertiary/aromatic N) is 1. The average Bonchev–Trinajstić information content (AvgIpc) is 1.61. The van der Waals surface area contributed by atoms with Crippen molar-refractivity contribution in [3.63, 3.8) is 0 Å². The lowest BCUT2D eigenvalue weighted by Crippen LogP contribution is -2.14. The molecule has 0 spiro atoms. The van der Waals surface area contributed by atoms with Crippen LogP contribution in [0.2, 0.25) is 0 Å². The fraction of sp³-hybridized carbons (Fsp3) is 0.667. The topological polar surface area (TPSA) is 32.3 Å². The minimum atomic E-state index is -1.52. The van der Waals surface area contributed by atoms with Crippen molar-refractivity contribution < 1.29 is 9.18 Å². The van der Waals surface area contributed by atoms with Gasteiger partial charge in [0.15, 0.2) is 0 Å². The van der Waals surface area contributed by atoms with Gasteiger partial charge in [0.05, 0.1) is 0 Å². The molecule has 1 amide bonds. The molecule has 0 bridgehead atoms. The zero-order valence-corrected chi connectivity index (χ0v) is 5.46. The molecule has 48 valence electrons. The summed E-state index contributed by atoms with van der Waals surface area (Å²) in [5.41, 5.74) is 0. The Bertz CT molecular complexity index is 87.4. The highest BCUT2D eigenvalue weighted by Gasteiger charge is 1.94. The highest BCUT2D eigenvalue weighted by atomic mass is 32.2. The van der Waals surface area contributed by atoms with Crippen LogP contribution in [0.1, 0.15) is 0 Å². The molecule has 0 aromatic rings. The molecule has 0 unspecified atom stereocenters. The standard InChI is InChI=1S/C3H7FN2OS/c1-6(2)8-5-3(4)7/h1-2H3,(H,5,7). The lowest BCUT2D eigenvalue weighted by Gasteiger charge is -2.04. The molecule has 0 atom stereocenters. The summed E-state index contributed by atoms with van der Waals surface area (Å²) in [6, 6.07) is 0. The lowest BCUT2D eigenvalue weighted by atomic mass is 11.3. The average molecular weight is 138 g/mol. The van der Waals surface area contributed by atoms with Crippen molar-refractivity contribution in [3.05, 3.63) is 0 Å². The number of hydrogen-bond donors (Lipinski definition) is 1. The number of carbonyl (C=O) groups excluding carboxylic acids is 1. The Morgan fingerprint density at radius 2 is 2.25 bits per heavy atom. The number of nitrogens with one attached hydrogen (secondary N) is 1. The fourth-order valence-electron chi connectivity index (χ4n) is 0.127. The first kappa shape index (κ1) is 7.71. The van der Waals surface area contributed by atoms with Crippen LogP contribution in [0, 0.1) is 0 Å². The molecule has 0 fully saturated rings. The number of amides is 1. The Kier molecular flexibility index (Phi) is 3.55. The molecule has 0 heterocycles. The van der Waals surface area contributed by atoms with Gasteiger partial charge in [0, 0.05) is 12.1 Å². The third-order valence-corrected chi connectivity index (χ3v) is 0.925. The maximum absolute atomic E-state index is 11.3. The molecule has 0 aromatic heterocycles. The summed E-state index contributed by atoms with van der Waals surface area (Å²) in [6.45, 7) is 0. The predicted molar refractivity (Wildman–Crippen MR) is 30.9 cm³/mol.